The predicted molar refractivity (Wildman–Crippen MR) is 562 cm³/mol. The second-order valence-corrected chi connectivity index (χ2v) is 40.7. The maximum atomic E-state index is 13.0. The molecule has 140 heavy (non-hydrogen) atoms. The Labute approximate surface area is 827 Å². The number of benzene rings is 11. The number of amides is 5. The number of carbonyl (C=O) groups excluding carboxylic acids is 7. The number of nitrogens with zero attached hydrogens (tertiary/aromatic N) is 3. The lowest BCUT2D eigenvalue weighted by atomic mass is 9.83. The molecule has 22 heteroatoms. The normalized spacial score (nSPS) is 13.0. The average molecular weight is 1890 g/mol. The Morgan fingerprint density at radius 1 is 0.407 bits per heavy atom. The van der Waals surface area contributed by atoms with Gasteiger partial charge in [0.15, 0.2) is 23.0 Å². The number of esters is 2. The Balaban J connectivity index is 0.000000168. The Bertz CT molecular complexity index is 6160. The van der Waals surface area contributed by atoms with E-state index < -0.39 is 0 Å². The highest BCUT2D eigenvalue weighted by molar-refractivity contribution is 5.97. The molecule has 3 aliphatic heterocycles. The van der Waals surface area contributed by atoms with Gasteiger partial charge >= 0.3 is 11.9 Å². The maximum absolute atomic E-state index is 13.0. The van der Waals surface area contributed by atoms with Gasteiger partial charge in [-0.25, -0.2) is 0 Å². The molecule has 1 aromatic heterocycles. The summed E-state index contributed by atoms with van der Waals surface area (Å²) in [7, 11) is 1.59. The summed E-state index contributed by atoms with van der Waals surface area (Å²) in [5, 5.41) is 11.9. The number of anilines is 6. The van der Waals surface area contributed by atoms with Gasteiger partial charge in [0.05, 0.1) is 24.8 Å². The third kappa shape index (κ3) is 33.0. The van der Waals surface area contributed by atoms with Crippen LogP contribution in [0.4, 0.5) is 34.1 Å². The summed E-state index contributed by atoms with van der Waals surface area (Å²) in [5.41, 5.74) is 26.8. The number of fused-ring (bicyclic) bond motifs is 4. The van der Waals surface area contributed by atoms with Crippen molar-refractivity contribution in [2.45, 2.75) is 234 Å². The van der Waals surface area contributed by atoms with E-state index in [4.69, 9.17) is 38.9 Å². The molecule has 2 unspecified atom stereocenters. The van der Waals surface area contributed by atoms with Gasteiger partial charge in [-0.2, -0.15) is 0 Å². The van der Waals surface area contributed by atoms with Gasteiger partial charge in [0, 0.05) is 123 Å². The van der Waals surface area contributed by atoms with Crippen molar-refractivity contribution < 1.29 is 66.7 Å². The van der Waals surface area contributed by atoms with Crippen molar-refractivity contribution in [3.8, 4) is 34.5 Å². The summed E-state index contributed by atoms with van der Waals surface area (Å²) >= 11 is 0. The van der Waals surface area contributed by atoms with Crippen LogP contribution >= 0.6 is 0 Å². The minimum Gasteiger partial charge on any atom is -0.497 e. The van der Waals surface area contributed by atoms with Gasteiger partial charge in [0.25, 0.3) is 0 Å². The molecule has 22 nitrogen and oxygen atoms in total. The van der Waals surface area contributed by atoms with Gasteiger partial charge in [0.1, 0.15) is 37.9 Å². The van der Waals surface area contributed by atoms with Gasteiger partial charge in [-0.1, -0.05) is 249 Å². The number of aromatic nitrogens is 2. The first-order chi connectivity index (χ1) is 66.6. The van der Waals surface area contributed by atoms with Crippen LogP contribution in [0.5, 0.6) is 34.5 Å². The van der Waals surface area contributed by atoms with Crippen LogP contribution in [0.25, 0.3) is 11.0 Å². The van der Waals surface area contributed by atoms with Crippen LogP contribution < -0.4 is 60.3 Å². The molecular formula is C118H140N8O14. The minimum atomic E-state index is -0.240. The van der Waals surface area contributed by atoms with E-state index in [1.54, 1.807) is 80.7 Å². The number of nitrogens with two attached hydrogens (primary N) is 1. The Morgan fingerprint density at radius 2 is 0.829 bits per heavy atom. The molecule has 0 spiro atoms. The summed E-state index contributed by atoms with van der Waals surface area (Å²) in [4.78, 5) is 96.5. The third-order valence-corrected chi connectivity index (χ3v) is 24.5. The first-order valence-corrected chi connectivity index (χ1v) is 48.5. The maximum Gasteiger partial charge on any atom is 0.311 e. The van der Waals surface area contributed by atoms with E-state index in [1.807, 2.05) is 78.9 Å². The molecule has 0 aliphatic carbocycles. The summed E-state index contributed by atoms with van der Waals surface area (Å²) in [6.45, 7) is 39.4. The molecule has 12 aromatic rings. The summed E-state index contributed by atoms with van der Waals surface area (Å²) in [6, 6.07) is 79.4. The third-order valence-electron chi connectivity index (χ3n) is 24.5. The van der Waals surface area contributed by atoms with Gasteiger partial charge in [-0.15, -0.1) is 0 Å². The van der Waals surface area contributed by atoms with E-state index in [1.165, 1.54) is 38.9 Å². The second kappa shape index (κ2) is 49.4. The molecular weight excluding hydrogens is 1750 g/mol. The zero-order valence-corrected chi connectivity index (χ0v) is 84.8. The highest BCUT2D eigenvalue weighted by atomic mass is 16.6. The number of hydrogen-bond acceptors (Lipinski definition) is 17. The molecule has 0 bridgehead atoms. The number of ether oxygens (including phenoxy) is 7. The van der Waals surface area contributed by atoms with Crippen molar-refractivity contribution in [1.82, 2.24) is 9.97 Å². The SMILES string of the molecule is CC(=O)N1CCCc2ccc(NC(=O)CCc3ccc(C(C)(C)C)cc3)cc21.CC(C)(C)c1ccc(C(CC(=O)Nc2ccc3c(c2)OCCO3)c2cccc(N)c2)cc1.CC(C)(C)c1ccc(CCC(=O)Nc2ccc3nccnc3c2)cc1.CCOC(=O)CCC(CC(=O)Nc1ccc2c(c1)OCCO2)c1ccc(C(C)(C)C)cc1.COc1cccc(OC(=O)CCc2ccc(C(C)(C)C)cc2)c1. The van der Waals surface area contributed by atoms with Crippen molar-refractivity contribution in [3.05, 3.63) is 322 Å². The van der Waals surface area contributed by atoms with Crippen LogP contribution in [0, 0.1) is 0 Å². The number of rotatable bonds is 26. The fourth-order valence-electron chi connectivity index (χ4n) is 16.3. The Hall–Kier alpha value is -14.2. The zero-order valence-electron chi connectivity index (χ0n) is 84.8. The smallest absolute Gasteiger partial charge is 0.311 e. The van der Waals surface area contributed by atoms with Crippen molar-refractivity contribution in [1.29, 1.82) is 0 Å². The highest BCUT2D eigenvalue weighted by Gasteiger charge is 2.27. The van der Waals surface area contributed by atoms with Crippen LogP contribution in [0.2, 0.25) is 0 Å². The standard InChI is InChI=1S/C27H30N2O3.C26H33NO5.C24H30N2O2.C21H23N3O.C20H24O3/c1-27(2,3)20-9-7-18(8-10-20)23(19-5-4-6-21(28)15-19)17-26(30)29-22-11-12-24-25(16-22)32-14-13-31-24;1-5-30-25(29)13-8-19(18-6-9-20(10-7-18)26(2,3)4)16-24(28)27-21-11-12-22-23(17-21)32-15-14-31-22;1-17(27)26-15-5-6-19-10-13-21(16-22(19)26)25-23(28)14-9-18-7-11-20(12-8-18)24(2,3)4;1-21(2,3)16-7-4-15(5-8-16)6-11-20(25)24-17-9-10-18-19(14-17)23-13-12-22-18;1-20(2,3)16-11-8-15(9-12-16)10-13-19(21)23-18-7-5-6-17(14-18)22-4/h4-12,15-16,23H,13-14,17,28H2,1-3H3,(H,29,30);6-7,9-12,17,19H,5,8,13-16H2,1-4H3,(H,27,28);7-8,10-13,16H,5-6,9,14-15H2,1-4H3,(H,25,28);4-5,7-10,12-14H,6,11H2,1-3H3,(H,24,25);5-9,11-12,14H,10,13H2,1-4H3. The quantitative estimate of drug-likeness (QED) is 0.0191. The summed E-state index contributed by atoms with van der Waals surface area (Å²) in [5.74, 6) is 3.02. The number of aryl methyl sites for hydroxylation is 4. The molecule has 0 saturated heterocycles. The van der Waals surface area contributed by atoms with Crippen LogP contribution in [-0.4, -0.2) is 98.1 Å². The molecule has 0 radical (unpaired) electrons. The summed E-state index contributed by atoms with van der Waals surface area (Å²) in [6.07, 6.45) is 9.99. The van der Waals surface area contributed by atoms with Gasteiger partial charge in [-0.3, -0.25) is 43.5 Å². The number of methoxy groups -OCH3 is 1. The highest BCUT2D eigenvalue weighted by Crippen LogP contribution is 2.39. The van der Waals surface area contributed by atoms with E-state index >= 15 is 0 Å². The zero-order chi connectivity index (χ0) is 101. The lowest BCUT2D eigenvalue weighted by Gasteiger charge is -2.29. The van der Waals surface area contributed by atoms with Crippen molar-refractivity contribution in [2.24, 2.45) is 0 Å². The van der Waals surface area contributed by atoms with Gasteiger partial charge in [0.2, 0.25) is 29.5 Å². The molecule has 0 fully saturated rings. The van der Waals surface area contributed by atoms with E-state index in [0.717, 1.165) is 81.7 Å². The molecule has 5 amide bonds. The van der Waals surface area contributed by atoms with Crippen LogP contribution in [-0.2, 0) is 91.1 Å². The van der Waals surface area contributed by atoms with Crippen molar-refractivity contribution in [3.63, 3.8) is 0 Å². The lowest BCUT2D eigenvalue weighted by Crippen LogP contribution is -2.33. The Kier molecular flexibility index (Phi) is 37.5. The first-order valence-electron chi connectivity index (χ1n) is 48.5. The van der Waals surface area contributed by atoms with Crippen molar-refractivity contribution in [2.75, 3.05) is 78.6 Å². The minimum absolute atomic E-state index is 0.00291. The number of hydrogen-bond donors (Lipinski definition) is 5. The first kappa shape index (κ1) is 106. The van der Waals surface area contributed by atoms with Crippen LogP contribution in [0.3, 0.4) is 0 Å². The van der Waals surface area contributed by atoms with E-state index in [0.29, 0.717) is 130 Å². The molecule has 4 heterocycles. The molecule has 2 atom stereocenters. The van der Waals surface area contributed by atoms with Crippen LogP contribution in [0.15, 0.2) is 255 Å². The van der Waals surface area contributed by atoms with Crippen molar-refractivity contribution >= 4 is 86.6 Å². The molecule has 3 aliphatic rings. The van der Waals surface area contributed by atoms with Crippen LogP contribution in [0.1, 0.15) is 248 Å². The lowest BCUT2D eigenvalue weighted by molar-refractivity contribution is -0.143. The average Bonchev–Trinajstić information content (AvgIpc) is 0.806. The molecule has 0 saturated carbocycles. The molecule has 6 N–H and O–H groups in total. The topological polar surface area (TPSA) is 287 Å². The monoisotopic (exact) mass is 1890 g/mol. The molecule has 15 rings (SSSR count). The van der Waals surface area contributed by atoms with Gasteiger partial charge < -0.3 is 65.1 Å². The molecule has 11 aromatic carbocycles. The second-order valence-electron chi connectivity index (χ2n) is 40.7. The largest absolute Gasteiger partial charge is 0.497 e. The number of nitrogen functional groups attached to an aromatic ring is 1. The summed E-state index contributed by atoms with van der Waals surface area (Å²) < 4.78 is 37.8. The fourth-order valence-corrected chi connectivity index (χ4v) is 16.3. The van der Waals surface area contributed by atoms with Gasteiger partial charge in [-0.05, 0) is 224 Å². The fraction of sp³-hybridized carbons (Fsp3) is 0.364. The predicted octanol–water partition coefficient (Wildman–Crippen LogP) is 24.6. The van der Waals surface area contributed by atoms with E-state index in [9.17, 15) is 33.6 Å². The number of nitrogens with one attached hydrogen (secondary N) is 4. The Morgan fingerprint density at radius 3 is 1.31 bits per heavy atom. The molecule has 736 valence electrons. The van der Waals surface area contributed by atoms with E-state index in [2.05, 4.69) is 256 Å². The number of carbonyl (C=O) groups is 7. The van der Waals surface area contributed by atoms with E-state index in [-0.39, 0.29) is 93.2 Å².